The van der Waals surface area contributed by atoms with Crippen LogP contribution in [0.5, 0.6) is 0 Å². The van der Waals surface area contributed by atoms with Crippen molar-refractivity contribution in [3.8, 4) is 0 Å². The highest BCUT2D eigenvalue weighted by Crippen LogP contribution is 2.40. The number of non-ortho nitro benzene ring substituents is 1. The average molecular weight is 474 g/mol. The average Bonchev–Trinajstić information content (AvgIpc) is 3.04. The van der Waals surface area contributed by atoms with Crippen molar-refractivity contribution in [3.05, 3.63) is 93.7 Å². The van der Waals surface area contributed by atoms with Crippen molar-refractivity contribution in [1.82, 2.24) is 8.52 Å². The zero-order valence-electron chi connectivity index (χ0n) is 17.7. The standard InChI is InChI=1S/C19H18N6O7S/c1-19(2,3)22-18(26)21(11-12-7-5-4-6-8-12)17(33-22)20-16-14(24(29)30)9-13(23(27)28)10-15(16)25(31)32/h4-10H,11H2,1-3H3. The lowest BCUT2D eigenvalue weighted by Crippen LogP contribution is -2.35. The maximum atomic E-state index is 13.1. The Morgan fingerprint density at radius 1 is 0.939 bits per heavy atom. The highest BCUT2D eigenvalue weighted by molar-refractivity contribution is 7.03. The minimum Gasteiger partial charge on any atom is -0.263 e. The van der Waals surface area contributed by atoms with Gasteiger partial charge in [-0.25, -0.2) is 13.7 Å². The first-order chi connectivity index (χ1) is 15.4. The number of aromatic nitrogens is 2. The molecule has 3 aromatic rings. The summed E-state index contributed by atoms with van der Waals surface area (Å²) < 4.78 is 2.65. The summed E-state index contributed by atoms with van der Waals surface area (Å²) in [5.74, 6) is 0. The Morgan fingerprint density at radius 3 is 1.94 bits per heavy atom. The molecule has 13 nitrogen and oxygen atoms in total. The Hall–Kier alpha value is -4.20. The number of nitro benzene ring substituents is 3. The van der Waals surface area contributed by atoms with Crippen molar-refractivity contribution in [2.45, 2.75) is 32.9 Å². The first-order valence-electron chi connectivity index (χ1n) is 9.43. The third kappa shape index (κ3) is 4.85. The summed E-state index contributed by atoms with van der Waals surface area (Å²) >= 11 is 0.880. The summed E-state index contributed by atoms with van der Waals surface area (Å²) in [7, 11) is 0. The molecule has 0 spiro atoms. The van der Waals surface area contributed by atoms with Crippen molar-refractivity contribution < 1.29 is 14.8 Å². The van der Waals surface area contributed by atoms with Crippen LogP contribution in [0.3, 0.4) is 0 Å². The minimum atomic E-state index is -0.982. The molecule has 0 aliphatic carbocycles. The second kappa shape index (κ2) is 8.74. The van der Waals surface area contributed by atoms with Crippen LogP contribution in [0.2, 0.25) is 0 Å². The van der Waals surface area contributed by atoms with Gasteiger partial charge in [0.05, 0.1) is 39.0 Å². The topological polar surface area (TPSA) is 169 Å². The Balaban J connectivity index is 2.39. The molecule has 0 fully saturated rings. The van der Waals surface area contributed by atoms with Gasteiger partial charge in [-0.1, -0.05) is 30.3 Å². The van der Waals surface area contributed by atoms with Gasteiger partial charge >= 0.3 is 17.1 Å². The number of benzene rings is 2. The van der Waals surface area contributed by atoms with Crippen LogP contribution >= 0.6 is 11.5 Å². The summed E-state index contributed by atoms with van der Waals surface area (Å²) in [5, 5.41) is 34.3. The molecule has 1 aromatic heterocycles. The van der Waals surface area contributed by atoms with Crippen LogP contribution in [-0.2, 0) is 12.1 Å². The van der Waals surface area contributed by atoms with Gasteiger partial charge in [0.25, 0.3) is 5.69 Å². The van der Waals surface area contributed by atoms with Gasteiger partial charge in [-0.2, -0.15) is 0 Å². The fourth-order valence-electron chi connectivity index (χ4n) is 2.95. The zero-order valence-corrected chi connectivity index (χ0v) is 18.5. The Morgan fingerprint density at radius 2 is 1.48 bits per heavy atom. The number of nitro groups is 3. The van der Waals surface area contributed by atoms with E-state index >= 15 is 0 Å². The molecule has 0 atom stereocenters. The van der Waals surface area contributed by atoms with E-state index in [4.69, 9.17) is 0 Å². The van der Waals surface area contributed by atoms with E-state index in [-0.39, 0.29) is 11.3 Å². The smallest absolute Gasteiger partial charge is 0.263 e. The monoisotopic (exact) mass is 474 g/mol. The first-order valence-corrected chi connectivity index (χ1v) is 10.2. The van der Waals surface area contributed by atoms with Gasteiger partial charge in [-0.05, 0) is 37.9 Å². The molecule has 0 bridgehead atoms. The number of nitrogens with zero attached hydrogens (tertiary/aromatic N) is 6. The number of hydrogen-bond donors (Lipinski definition) is 0. The molecule has 0 aliphatic heterocycles. The first kappa shape index (κ1) is 23.5. The van der Waals surface area contributed by atoms with Crippen LogP contribution in [0.1, 0.15) is 26.3 Å². The molecule has 0 aliphatic rings. The third-order valence-corrected chi connectivity index (χ3v) is 5.83. The molecular formula is C19H18N6O7S. The molecule has 14 heteroatoms. The molecule has 2 aromatic carbocycles. The van der Waals surface area contributed by atoms with Gasteiger partial charge in [0.15, 0.2) is 0 Å². The number of hydrogen-bond acceptors (Lipinski definition) is 9. The normalized spacial score (nSPS) is 12.0. The summed E-state index contributed by atoms with van der Waals surface area (Å²) in [5.41, 5.74) is -3.70. The van der Waals surface area contributed by atoms with Gasteiger partial charge in [0.1, 0.15) is 0 Å². The molecule has 0 amide bonds. The summed E-state index contributed by atoms with van der Waals surface area (Å²) in [6.07, 6.45) is 0. The fourth-order valence-corrected chi connectivity index (χ4v) is 3.94. The second-order valence-corrected chi connectivity index (χ2v) is 8.82. The van der Waals surface area contributed by atoms with E-state index in [1.54, 1.807) is 51.1 Å². The third-order valence-electron chi connectivity index (χ3n) is 4.47. The van der Waals surface area contributed by atoms with Gasteiger partial charge in [0.2, 0.25) is 10.5 Å². The molecule has 0 saturated carbocycles. The molecule has 1 heterocycles. The molecule has 0 saturated heterocycles. The summed E-state index contributed by atoms with van der Waals surface area (Å²) in [6.45, 7) is 5.39. The maximum Gasteiger partial charge on any atom is 0.340 e. The van der Waals surface area contributed by atoms with E-state index in [1.807, 2.05) is 0 Å². The van der Waals surface area contributed by atoms with Gasteiger partial charge in [-0.15, -0.1) is 0 Å². The highest BCUT2D eigenvalue weighted by Gasteiger charge is 2.31. The van der Waals surface area contributed by atoms with E-state index < -0.39 is 48.7 Å². The van der Waals surface area contributed by atoms with Crippen LogP contribution in [0.25, 0.3) is 0 Å². The molecule has 3 rings (SSSR count). The Labute approximate surface area is 189 Å². The lowest BCUT2D eigenvalue weighted by Gasteiger charge is -2.17. The van der Waals surface area contributed by atoms with Gasteiger partial charge in [-0.3, -0.25) is 34.9 Å². The van der Waals surface area contributed by atoms with Crippen LogP contribution in [-0.4, -0.2) is 23.3 Å². The quantitative estimate of drug-likeness (QED) is 0.389. The van der Waals surface area contributed by atoms with Crippen molar-refractivity contribution in [2.75, 3.05) is 0 Å². The van der Waals surface area contributed by atoms with Crippen LogP contribution in [0.15, 0.2) is 52.3 Å². The molecule has 0 radical (unpaired) electrons. The van der Waals surface area contributed by atoms with Gasteiger partial charge < -0.3 is 0 Å². The van der Waals surface area contributed by atoms with E-state index in [9.17, 15) is 35.1 Å². The summed E-state index contributed by atoms with van der Waals surface area (Å²) in [4.78, 5) is 48.6. The Bertz CT molecular complexity index is 1350. The van der Waals surface area contributed by atoms with Crippen LogP contribution < -0.4 is 10.5 Å². The van der Waals surface area contributed by atoms with Crippen molar-refractivity contribution >= 4 is 34.3 Å². The highest BCUT2D eigenvalue weighted by atomic mass is 32.1. The zero-order chi connectivity index (χ0) is 24.5. The Kier molecular flexibility index (Phi) is 6.21. The van der Waals surface area contributed by atoms with Gasteiger partial charge in [0, 0.05) is 0 Å². The SMILES string of the molecule is CC(C)(C)n1sc(=Nc2c([N+](=O)[O-])cc([N+](=O)[O-])cc2[N+](=O)[O-])n(Cc2ccccc2)c1=O. The molecular weight excluding hydrogens is 456 g/mol. The molecule has 0 unspecified atom stereocenters. The molecule has 172 valence electrons. The van der Waals surface area contributed by atoms with Crippen molar-refractivity contribution in [2.24, 2.45) is 4.99 Å². The van der Waals surface area contributed by atoms with E-state index in [0.29, 0.717) is 12.1 Å². The number of rotatable bonds is 6. The van der Waals surface area contributed by atoms with E-state index in [1.165, 1.54) is 8.52 Å². The fraction of sp³-hybridized carbons (Fsp3) is 0.263. The maximum absolute atomic E-state index is 13.1. The van der Waals surface area contributed by atoms with E-state index in [0.717, 1.165) is 17.1 Å². The van der Waals surface area contributed by atoms with Crippen LogP contribution in [0, 0.1) is 30.3 Å². The lowest BCUT2D eigenvalue weighted by atomic mass is 10.1. The lowest BCUT2D eigenvalue weighted by molar-refractivity contribution is -0.402. The van der Waals surface area contributed by atoms with E-state index in [2.05, 4.69) is 4.99 Å². The van der Waals surface area contributed by atoms with Crippen molar-refractivity contribution in [1.29, 1.82) is 0 Å². The van der Waals surface area contributed by atoms with Crippen molar-refractivity contribution in [3.63, 3.8) is 0 Å². The van der Waals surface area contributed by atoms with Crippen LogP contribution in [0.4, 0.5) is 22.7 Å². The second-order valence-electron chi connectivity index (χ2n) is 7.91. The predicted octanol–water partition coefficient (Wildman–Crippen LogP) is 3.47. The largest absolute Gasteiger partial charge is 0.340 e. The minimum absolute atomic E-state index is 0.0289. The molecule has 33 heavy (non-hydrogen) atoms. The predicted molar refractivity (Wildman–Crippen MR) is 119 cm³/mol. The molecule has 0 N–H and O–H groups in total. The summed E-state index contributed by atoms with van der Waals surface area (Å²) in [6, 6.07) is 10.1.